The second kappa shape index (κ2) is 6.39. The molecule has 1 aromatic rings. The highest BCUT2D eigenvalue weighted by Crippen LogP contribution is 2.37. The summed E-state index contributed by atoms with van der Waals surface area (Å²) < 4.78 is 37.9. The summed E-state index contributed by atoms with van der Waals surface area (Å²) in [5.41, 5.74) is 3.77. The van der Waals surface area contributed by atoms with Crippen LogP contribution in [0, 0.1) is 5.92 Å². The van der Waals surface area contributed by atoms with Crippen LogP contribution < -0.4 is 5.48 Å². The zero-order valence-electron chi connectivity index (χ0n) is 10.6. The van der Waals surface area contributed by atoms with Gasteiger partial charge in [0.2, 0.25) is 0 Å². The van der Waals surface area contributed by atoms with Crippen LogP contribution in [0.3, 0.4) is 0 Å². The SMILES string of the molecule is FC(F)(F)C1CCCC(NOCc2ccccc2)C1. The lowest BCUT2D eigenvalue weighted by atomic mass is 9.86. The van der Waals surface area contributed by atoms with Gasteiger partial charge in [-0.1, -0.05) is 36.8 Å². The Morgan fingerprint density at radius 1 is 1.16 bits per heavy atom. The molecule has 0 saturated heterocycles. The van der Waals surface area contributed by atoms with E-state index in [9.17, 15) is 13.2 Å². The lowest BCUT2D eigenvalue weighted by molar-refractivity contribution is -0.187. The predicted octanol–water partition coefficient (Wildman–Crippen LogP) is 3.83. The van der Waals surface area contributed by atoms with Gasteiger partial charge in [-0.15, -0.1) is 0 Å². The lowest BCUT2D eigenvalue weighted by Gasteiger charge is -2.30. The molecule has 0 amide bonds. The van der Waals surface area contributed by atoms with Crippen molar-refractivity contribution < 1.29 is 18.0 Å². The van der Waals surface area contributed by atoms with Crippen LogP contribution in [-0.2, 0) is 11.4 Å². The summed E-state index contributed by atoms with van der Waals surface area (Å²) in [4.78, 5) is 5.30. The van der Waals surface area contributed by atoms with E-state index >= 15 is 0 Å². The number of hydroxylamine groups is 1. The van der Waals surface area contributed by atoms with Gasteiger partial charge in [0.05, 0.1) is 12.5 Å². The minimum Gasteiger partial charge on any atom is -0.297 e. The first kappa shape index (κ1) is 14.3. The normalized spacial score (nSPS) is 24.4. The molecule has 1 aliphatic carbocycles. The van der Waals surface area contributed by atoms with Crippen molar-refractivity contribution in [2.75, 3.05) is 0 Å². The molecule has 5 heteroatoms. The standard InChI is InChI=1S/C14H18F3NO/c15-14(16,17)12-7-4-8-13(9-12)18-19-10-11-5-2-1-3-6-11/h1-3,5-6,12-13,18H,4,7-10H2. The summed E-state index contributed by atoms with van der Waals surface area (Å²) in [5.74, 6) is -1.20. The van der Waals surface area contributed by atoms with Gasteiger partial charge in [-0.2, -0.15) is 18.7 Å². The molecule has 1 fully saturated rings. The van der Waals surface area contributed by atoms with Crippen molar-refractivity contribution in [1.82, 2.24) is 5.48 Å². The average molecular weight is 273 g/mol. The summed E-state index contributed by atoms with van der Waals surface area (Å²) in [5, 5.41) is 0. The Morgan fingerprint density at radius 2 is 1.89 bits per heavy atom. The first-order chi connectivity index (χ1) is 9.05. The van der Waals surface area contributed by atoms with E-state index < -0.39 is 12.1 Å². The molecule has 1 N–H and O–H groups in total. The van der Waals surface area contributed by atoms with Crippen LogP contribution in [0.4, 0.5) is 13.2 Å². The zero-order valence-corrected chi connectivity index (χ0v) is 10.6. The molecule has 1 saturated carbocycles. The van der Waals surface area contributed by atoms with E-state index in [-0.39, 0.29) is 18.9 Å². The van der Waals surface area contributed by atoms with E-state index in [2.05, 4.69) is 5.48 Å². The molecule has 0 bridgehead atoms. The molecule has 106 valence electrons. The average Bonchev–Trinajstić information content (AvgIpc) is 2.39. The predicted molar refractivity (Wildman–Crippen MR) is 66.2 cm³/mol. The molecule has 1 aliphatic rings. The number of nitrogens with one attached hydrogen (secondary N) is 1. The maximum absolute atomic E-state index is 12.6. The van der Waals surface area contributed by atoms with Crippen molar-refractivity contribution in [3.63, 3.8) is 0 Å². The second-order valence-electron chi connectivity index (χ2n) is 4.99. The van der Waals surface area contributed by atoms with Crippen LogP contribution in [0.1, 0.15) is 31.2 Å². The number of hydrogen-bond donors (Lipinski definition) is 1. The fraction of sp³-hybridized carbons (Fsp3) is 0.571. The van der Waals surface area contributed by atoms with Gasteiger partial charge in [-0.25, -0.2) is 0 Å². The minimum atomic E-state index is -4.08. The molecular weight excluding hydrogens is 255 g/mol. The van der Waals surface area contributed by atoms with E-state index in [1.807, 2.05) is 30.3 Å². The maximum Gasteiger partial charge on any atom is 0.391 e. The Bertz CT molecular complexity index is 380. The van der Waals surface area contributed by atoms with Crippen LogP contribution in [0.5, 0.6) is 0 Å². The van der Waals surface area contributed by atoms with Gasteiger partial charge in [-0.05, 0) is 24.8 Å². The third-order valence-electron chi connectivity index (χ3n) is 3.47. The van der Waals surface area contributed by atoms with Gasteiger partial charge in [0.15, 0.2) is 0 Å². The molecule has 2 rings (SSSR count). The molecule has 0 aromatic heterocycles. The van der Waals surface area contributed by atoms with Crippen molar-refractivity contribution in [1.29, 1.82) is 0 Å². The first-order valence-corrected chi connectivity index (χ1v) is 6.53. The van der Waals surface area contributed by atoms with Gasteiger partial charge in [0.25, 0.3) is 0 Å². The highest BCUT2D eigenvalue weighted by Gasteiger charge is 2.42. The Balaban J connectivity index is 1.74. The highest BCUT2D eigenvalue weighted by atomic mass is 19.4. The third kappa shape index (κ3) is 4.51. The Labute approximate surface area is 110 Å². The molecular formula is C14H18F3NO. The number of rotatable bonds is 4. The van der Waals surface area contributed by atoms with Gasteiger partial charge in [0, 0.05) is 6.04 Å². The van der Waals surface area contributed by atoms with Crippen LogP contribution >= 0.6 is 0 Å². The van der Waals surface area contributed by atoms with Crippen molar-refractivity contribution in [3.05, 3.63) is 35.9 Å². The third-order valence-corrected chi connectivity index (χ3v) is 3.47. The van der Waals surface area contributed by atoms with Crippen LogP contribution in [0.15, 0.2) is 30.3 Å². The Morgan fingerprint density at radius 3 is 2.58 bits per heavy atom. The molecule has 0 radical (unpaired) electrons. The van der Waals surface area contributed by atoms with Crippen LogP contribution in [0.2, 0.25) is 0 Å². The fourth-order valence-electron chi connectivity index (χ4n) is 2.41. The second-order valence-corrected chi connectivity index (χ2v) is 4.99. The van der Waals surface area contributed by atoms with Crippen LogP contribution in [0.25, 0.3) is 0 Å². The number of halogens is 3. The quantitative estimate of drug-likeness (QED) is 0.842. The fourth-order valence-corrected chi connectivity index (χ4v) is 2.41. The Hall–Kier alpha value is -1.07. The van der Waals surface area contributed by atoms with Gasteiger partial charge < -0.3 is 0 Å². The molecule has 2 atom stereocenters. The largest absolute Gasteiger partial charge is 0.391 e. The molecule has 0 aliphatic heterocycles. The summed E-state index contributed by atoms with van der Waals surface area (Å²) in [6, 6.07) is 9.34. The summed E-state index contributed by atoms with van der Waals surface area (Å²) in [6.45, 7) is 0.369. The topological polar surface area (TPSA) is 21.3 Å². The molecule has 0 heterocycles. The van der Waals surface area contributed by atoms with Crippen molar-refractivity contribution in [2.45, 2.75) is 44.5 Å². The van der Waals surface area contributed by atoms with Crippen molar-refractivity contribution in [2.24, 2.45) is 5.92 Å². The zero-order chi connectivity index (χ0) is 13.7. The number of benzene rings is 1. The van der Waals surface area contributed by atoms with E-state index in [4.69, 9.17) is 4.84 Å². The lowest BCUT2D eigenvalue weighted by Crippen LogP contribution is -2.38. The minimum absolute atomic E-state index is 0.109. The summed E-state index contributed by atoms with van der Waals surface area (Å²) in [7, 11) is 0. The van der Waals surface area contributed by atoms with E-state index in [0.29, 0.717) is 13.0 Å². The summed E-state index contributed by atoms with van der Waals surface area (Å²) >= 11 is 0. The monoisotopic (exact) mass is 273 g/mol. The van der Waals surface area contributed by atoms with Gasteiger partial charge in [0.1, 0.15) is 0 Å². The Kier molecular flexibility index (Phi) is 4.82. The molecule has 0 spiro atoms. The van der Waals surface area contributed by atoms with Crippen LogP contribution in [-0.4, -0.2) is 12.2 Å². The van der Waals surface area contributed by atoms with Gasteiger partial charge >= 0.3 is 6.18 Å². The van der Waals surface area contributed by atoms with E-state index in [0.717, 1.165) is 12.0 Å². The smallest absolute Gasteiger partial charge is 0.297 e. The molecule has 2 nitrogen and oxygen atoms in total. The molecule has 1 aromatic carbocycles. The molecule has 19 heavy (non-hydrogen) atoms. The van der Waals surface area contributed by atoms with E-state index in [1.54, 1.807) is 0 Å². The summed E-state index contributed by atoms with van der Waals surface area (Å²) in [6.07, 6.45) is -2.41. The molecule has 2 unspecified atom stereocenters. The van der Waals surface area contributed by atoms with Crippen molar-refractivity contribution >= 4 is 0 Å². The number of hydrogen-bond acceptors (Lipinski definition) is 2. The highest BCUT2D eigenvalue weighted by molar-refractivity contribution is 5.13. The van der Waals surface area contributed by atoms with Gasteiger partial charge in [-0.3, -0.25) is 4.84 Å². The van der Waals surface area contributed by atoms with E-state index in [1.165, 1.54) is 0 Å². The first-order valence-electron chi connectivity index (χ1n) is 6.53. The maximum atomic E-state index is 12.6. The van der Waals surface area contributed by atoms with Crippen molar-refractivity contribution in [3.8, 4) is 0 Å². The number of alkyl halides is 3.